The Morgan fingerprint density at radius 2 is 1.73 bits per heavy atom. The molecule has 0 fully saturated rings. The number of hydrogen-bond acceptors (Lipinski definition) is 4. The lowest BCUT2D eigenvalue weighted by Gasteiger charge is -2.06. The summed E-state index contributed by atoms with van der Waals surface area (Å²) in [7, 11) is 1.74. The number of fused-ring (bicyclic) bond motifs is 1. The van der Waals surface area contributed by atoms with E-state index in [9.17, 15) is 22.8 Å². The van der Waals surface area contributed by atoms with Gasteiger partial charge in [0.1, 0.15) is 5.52 Å². The fourth-order valence-electron chi connectivity index (χ4n) is 1.94. The number of nitrogens with zero attached hydrogens (tertiary/aromatic N) is 2. The fraction of sp³-hybridized carbons (Fsp3) is 0.312. The third kappa shape index (κ3) is 5.80. The highest BCUT2D eigenvalue weighted by molar-refractivity contribution is 6.07. The maximum Gasteiger partial charge on any atom is 0.490 e. The topological polar surface area (TPSA) is 108 Å². The normalized spacial score (nSPS) is 12.0. The fourth-order valence-corrected chi connectivity index (χ4v) is 1.94. The van der Waals surface area contributed by atoms with Crippen LogP contribution in [0.15, 0.2) is 30.5 Å². The molecular formula is C16H16F3N2O5+. The predicted octanol–water partition coefficient (Wildman–Crippen LogP) is 1.99. The van der Waals surface area contributed by atoms with Gasteiger partial charge in [-0.1, -0.05) is 29.8 Å². The number of Topliss-reactive ketones (excluding diaryl/α,β-unsaturated/α-hetero) is 1. The highest BCUT2D eigenvalue weighted by Gasteiger charge is 2.38. The summed E-state index contributed by atoms with van der Waals surface area (Å²) in [5, 5.41) is 21.0. The van der Waals surface area contributed by atoms with Crippen molar-refractivity contribution in [3.05, 3.63) is 36.0 Å². The molecule has 0 aliphatic heterocycles. The number of carbonyl (C=O) groups is 3. The molecule has 2 aromatic rings. The summed E-state index contributed by atoms with van der Waals surface area (Å²) in [5.74, 6) is -4.59. The van der Waals surface area contributed by atoms with Crippen LogP contribution >= 0.6 is 0 Å². The van der Waals surface area contributed by atoms with Gasteiger partial charge in [0, 0.05) is 11.8 Å². The molecule has 1 heterocycles. The molecule has 0 saturated heterocycles. The molecule has 10 heteroatoms. The van der Waals surface area contributed by atoms with Crippen molar-refractivity contribution in [2.45, 2.75) is 19.5 Å². The number of aliphatic carboxylic acids is 2. The van der Waals surface area contributed by atoms with Gasteiger partial charge in [-0.3, -0.25) is 9.59 Å². The quantitative estimate of drug-likeness (QED) is 0.627. The minimum atomic E-state index is -5.08. The Kier molecular flexibility index (Phi) is 6.76. The zero-order chi connectivity index (χ0) is 20.1. The molecule has 0 radical (unpaired) electrons. The zero-order valence-corrected chi connectivity index (χ0v) is 13.8. The molecule has 140 valence electrons. The van der Waals surface area contributed by atoms with Crippen molar-refractivity contribution in [3.63, 3.8) is 0 Å². The summed E-state index contributed by atoms with van der Waals surface area (Å²) >= 11 is 0. The molecule has 0 spiro atoms. The van der Waals surface area contributed by atoms with Crippen LogP contribution in [0.3, 0.4) is 0 Å². The Bertz CT molecular complexity index is 836. The Morgan fingerprint density at radius 3 is 2.23 bits per heavy atom. The van der Waals surface area contributed by atoms with Gasteiger partial charge in [0.15, 0.2) is 12.8 Å². The second-order valence-corrected chi connectivity index (χ2v) is 5.40. The molecule has 1 atom stereocenters. The van der Waals surface area contributed by atoms with Crippen LogP contribution < -0.4 is 4.68 Å². The standard InChI is InChI=1S/C14H14N2O3.C2HF3O2/c1-9(14(18)19)7-13(17)11-8-16(2)15-12-6-4-3-5-10(11)12;3-2(4,5)1(6)7/h3-6,8-9H,7H2,1-2H3;(H,6,7)/p+1/t9-;/m0./s1. The van der Waals surface area contributed by atoms with Gasteiger partial charge in [-0.15, -0.1) is 0 Å². The number of ketones is 1. The van der Waals surface area contributed by atoms with Gasteiger partial charge in [-0.25, -0.2) is 4.79 Å². The van der Waals surface area contributed by atoms with Crippen LogP contribution in [-0.4, -0.2) is 39.2 Å². The van der Waals surface area contributed by atoms with Crippen molar-refractivity contribution in [2.75, 3.05) is 0 Å². The van der Waals surface area contributed by atoms with Gasteiger partial charge in [0.05, 0.1) is 11.5 Å². The smallest absolute Gasteiger partial charge is 0.481 e. The first kappa shape index (κ1) is 21.0. The van der Waals surface area contributed by atoms with Crippen molar-refractivity contribution in [1.82, 2.24) is 5.10 Å². The highest BCUT2D eigenvalue weighted by atomic mass is 19.4. The summed E-state index contributed by atoms with van der Waals surface area (Å²) in [6.07, 6.45) is -3.46. The summed E-state index contributed by atoms with van der Waals surface area (Å²) in [6, 6.07) is 7.33. The Morgan fingerprint density at radius 1 is 1.19 bits per heavy atom. The predicted molar refractivity (Wildman–Crippen MR) is 82.4 cm³/mol. The maximum atomic E-state index is 12.2. The number of carbonyl (C=O) groups excluding carboxylic acids is 1. The van der Waals surface area contributed by atoms with Gasteiger partial charge >= 0.3 is 18.1 Å². The summed E-state index contributed by atoms with van der Waals surface area (Å²) in [4.78, 5) is 31.9. The summed E-state index contributed by atoms with van der Waals surface area (Å²) in [5.41, 5.74) is 1.24. The number of hydrogen-bond donors (Lipinski definition) is 2. The van der Waals surface area contributed by atoms with Crippen molar-refractivity contribution >= 4 is 28.6 Å². The largest absolute Gasteiger partial charge is 0.490 e. The van der Waals surface area contributed by atoms with Crippen molar-refractivity contribution in [2.24, 2.45) is 13.0 Å². The molecule has 1 aromatic carbocycles. The second-order valence-electron chi connectivity index (χ2n) is 5.40. The van der Waals surface area contributed by atoms with E-state index in [4.69, 9.17) is 15.0 Å². The first-order chi connectivity index (χ1) is 11.9. The lowest BCUT2D eigenvalue weighted by atomic mass is 9.98. The maximum absolute atomic E-state index is 12.2. The van der Waals surface area contributed by atoms with Crippen molar-refractivity contribution in [1.29, 1.82) is 0 Å². The average molecular weight is 373 g/mol. The van der Waals surface area contributed by atoms with E-state index in [0.29, 0.717) is 5.56 Å². The van der Waals surface area contributed by atoms with Crippen molar-refractivity contribution in [3.8, 4) is 0 Å². The van der Waals surface area contributed by atoms with Gasteiger partial charge in [-0.05, 0) is 11.2 Å². The number of carboxylic acids is 2. The number of rotatable bonds is 4. The van der Waals surface area contributed by atoms with E-state index in [-0.39, 0.29) is 12.2 Å². The third-order valence-corrected chi connectivity index (χ3v) is 3.23. The van der Waals surface area contributed by atoms with E-state index in [1.165, 1.54) is 6.92 Å². The first-order valence-corrected chi connectivity index (χ1v) is 7.25. The monoisotopic (exact) mass is 373 g/mol. The lowest BCUT2D eigenvalue weighted by molar-refractivity contribution is -0.728. The molecular weight excluding hydrogens is 357 g/mol. The molecule has 0 amide bonds. The first-order valence-electron chi connectivity index (χ1n) is 7.25. The van der Waals surface area contributed by atoms with Crippen LogP contribution in [-0.2, 0) is 16.6 Å². The molecule has 1 aromatic heterocycles. The van der Waals surface area contributed by atoms with Crippen LogP contribution in [0.2, 0.25) is 0 Å². The Labute approximate surface area is 145 Å². The molecule has 26 heavy (non-hydrogen) atoms. The highest BCUT2D eigenvalue weighted by Crippen LogP contribution is 2.18. The van der Waals surface area contributed by atoms with Gasteiger partial charge < -0.3 is 10.2 Å². The zero-order valence-electron chi connectivity index (χ0n) is 13.8. The molecule has 0 aliphatic carbocycles. The summed E-state index contributed by atoms with van der Waals surface area (Å²) in [6.45, 7) is 1.53. The minimum absolute atomic E-state index is 0.0106. The molecule has 0 unspecified atom stereocenters. The number of halogens is 3. The van der Waals surface area contributed by atoms with Crippen LogP contribution in [0.5, 0.6) is 0 Å². The molecule has 2 rings (SSSR count). The molecule has 0 saturated carbocycles. The molecule has 0 bridgehead atoms. The molecule has 7 nitrogen and oxygen atoms in total. The van der Waals surface area contributed by atoms with E-state index < -0.39 is 24.0 Å². The van der Waals surface area contributed by atoms with Gasteiger partial charge in [0.25, 0.3) is 0 Å². The number of carboxylic acid groups (broad SMARTS) is 2. The number of aryl methyl sites for hydroxylation is 1. The molecule has 0 aliphatic rings. The van der Waals surface area contributed by atoms with Crippen LogP contribution in [0, 0.1) is 5.92 Å². The minimum Gasteiger partial charge on any atom is -0.481 e. The van der Waals surface area contributed by atoms with E-state index in [0.717, 1.165) is 10.9 Å². The van der Waals surface area contributed by atoms with Gasteiger partial charge in [0.2, 0.25) is 6.20 Å². The van der Waals surface area contributed by atoms with E-state index >= 15 is 0 Å². The van der Waals surface area contributed by atoms with Gasteiger partial charge in [-0.2, -0.15) is 13.2 Å². The average Bonchev–Trinajstić information content (AvgIpc) is 2.53. The van der Waals surface area contributed by atoms with Crippen LogP contribution in [0.25, 0.3) is 10.9 Å². The van der Waals surface area contributed by atoms with E-state index in [1.807, 2.05) is 24.3 Å². The lowest BCUT2D eigenvalue weighted by Crippen LogP contribution is -2.34. The SMILES string of the molecule is C[C@@H](CC(=O)c1c[n+](C)nc2ccccc12)C(=O)O.O=C(O)C(F)(F)F. The van der Waals surface area contributed by atoms with E-state index in [2.05, 4.69) is 5.10 Å². The molecule has 2 N–H and O–H groups in total. The number of benzene rings is 1. The number of alkyl halides is 3. The Balaban J connectivity index is 0.000000412. The third-order valence-electron chi connectivity index (χ3n) is 3.23. The second kappa shape index (κ2) is 8.37. The van der Waals surface area contributed by atoms with Crippen LogP contribution in [0.4, 0.5) is 13.2 Å². The van der Waals surface area contributed by atoms with Crippen molar-refractivity contribution < 1.29 is 42.4 Å². The Hall–Kier alpha value is -3.04. The summed E-state index contributed by atoms with van der Waals surface area (Å²) < 4.78 is 33.3. The van der Waals surface area contributed by atoms with Crippen LogP contribution in [0.1, 0.15) is 23.7 Å². The number of aromatic nitrogens is 2. The van der Waals surface area contributed by atoms with E-state index in [1.54, 1.807) is 17.9 Å².